The number of hydrogen-bond donors (Lipinski definition) is 0. The van der Waals surface area contributed by atoms with Gasteiger partial charge in [-0.1, -0.05) is 304 Å². The maximum atomic E-state index is 12.8. The molecule has 0 rings (SSSR count). The summed E-state index contributed by atoms with van der Waals surface area (Å²) in [7, 11) is 0. The number of hydrogen-bond acceptors (Lipinski definition) is 6. The Balaban J connectivity index is 4.27. The molecular formula is C60H116O6. The Morgan fingerprint density at radius 2 is 0.530 bits per heavy atom. The molecule has 0 aliphatic heterocycles. The Bertz CT molecular complexity index is 998. The van der Waals surface area contributed by atoms with Gasteiger partial charge in [0, 0.05) is 19.3 Å². The highest BCUT2D eigenvalue weighted by molar-refractivity contribution is 5.71. The van der Waals surface area contributed by atoms with E-state index in [0.717, 1.165) is 63.7 Å². The second-order valence-electron chi connectivity index (χ2n) is 20.9. The number of esters is 3. The van der Waals surface area contributed by atoms with Crippen LogP contribution < -0.4 is 0 Å². The Morgan fingerprint density at radius 3 is 0.788 bits per heavy atom. The summed E-state index contributed by atoms with van der Waals surface area (Å²) in [6.07, 6.45) is 59.4. The lowest BCUT2D eigenvalue weighted by Crippen LogP contribution is -2.30. The minimum absolute atomic E-state index is 0.0616. The molecule has 66 heavy (non-hydrogen) atoms. The van der Waals surface area contributed by atoms with Crippen LogP contribution in [-0.2, 0) is 28.6 Å². The summed E-state index contributed by atoms with van der Waals surface area (Å²) >= 11 is 0. The zero-order valence-corrected chi connectivity index (χ0v) is 45.2. The highest BCUT2D eigenvalue weighted by atomic mass is 16.6. The standard InChI is InChI=1S/C60H116O6/c1-5-8-10-12-14-16-18-20-21-22-23-28-31-35-39-43-47-51-58(61)64-54-57(66-60(63)53-49-45-41-37-33-26-19-17-15-13-11-9-6-2)55-65-59(62)52-48-44-40-36-32-29-25-24-27-30-34-38-42-46-50-56(4)7-3/h56-57H,5-55H2,1-4H3/t56?,57-/m0/s1. The zero-order valence-electron chi connectivity index (χ0n) is 45.2. The molecule has 6 nitrogen and oxygen atoms in total. The SMILES string of the molecule is CCCCCCCCCCCCCCCCCCCC(=O)OC[C@@H](COC(=O)CCCCCCCCCCCCCCCCC(C)CC)OC(=O)CCCCCCCCCCCCCCC. The lowest BCUT2D eigenvalue weighted by Gasteiger charge is -2.18. The predicted molar refractivity (Wildman–Crippen MR) is 284 cm³/mol. The van der Waals surface area contributed by atoms with Crippen molar-refractivity contribution in [2.24, 2.45) is 5.92 Å². The van der Waals surface area contributed by atoms with Gasteiger partial charge in [-0.05, 0) is 25.2 Å². The van der Waals surface area contributed by atoms with E-state index >= 15 is 0 Å². The number of carbonyl (C=O) groups is 3. The van der Waals surface area contributed by atoms with E-state index in [4.69, 9.17) is 14.2 Å². The van der Waals surface area contributed by atoms with Gasteiger partial charge in [0.1, 0.15) is 13.2 Å². The third-order valence-electron chi connectivity index (χ3n) is 14.2. The quantitative estimate of drug-likeness (QED) is 0.0343. The van der Waals surface area contributed by atoms with Crippen molar-refractivity contribution in [3.63, 3.8) is 0 Å². The van der Waals surface area contributed by atoms with Crippen molar-refractivity contribution in [2.75, 3.05) is 13.2 Å². The lowest BCUT2D eigenvalue weighted by atomic mass is 9.99. The van der Waals surface area contributed by atoms with Gasteiger partial charge in [0.15, 0.2) is 6.10 Å². The van der Waals surface area contributed by atoms with Crippen molar-refractivity contribution >= 4 is 17.9 Å². The van der Waals surface area contributed by atoms with Gasteiger partial charge in [0.2, 0.25) is 0 Å². The first-order valence-electron chi connectivity index (χ1n) is 29.9. The molecule has 392 valence electrons. The maximum absolute atomic E-state index is 12.8. The van der Waals surface area contributed by atoms with E-state index in [1.165, 1.54) is 238 Å². The van der Waals surface area contributed by atoms with Crippen LogP contribution in [0, 0.1) is 5.92 Å². The van der Waals surface area contributed by atoms with Crippen LogP contribution in [0.3, 0.4) is 0 Å². The van der Waals surface area contributed by atoms with Crippen LogP contribution in [-0.4, -0.2) is 37.2 Å². The largest absolute Gasteiger partial charge is 0.462 e. The average molecular weight is 934 g/mol. The van der Waals surface area contributed by atoms with Crippen LogP contribution in [0.25, 0.3) is 0 Å². The van der Waals surface area contributed by atoms with Crippen molar-refractivity contribution in [2.45, 2.75) is 348 Å². The molecular weight excluding hydrogens is 817 g/mol. The van der Waals surface area contributed by atoms with Crippen LogP contribution in [0.2, 0.25) is 0 Å². The molecule has 0 amide bonds. The molecule has 0 aromatic carbocycles. The average Bonchev–Trinajstić information content (AvgIpc) is 3.32. The molecule has 2 atom stereocenters. The summed E-state index contributed by atoms with van der Waals surface area (Å²) in [4.78, 5) is 38.2. The molecule has 0 fully saturated rings. The second-order valence-corrected chi connectivity index (χ2v) is 20.9. The summed E-state index contributed by atoms with van der Waals surface area (Å²) in [5.41, 5.74) is 0. The van der Waals surface area contributed by atoms with Crippen molar-refractivity contribution in [3.8, 4) is 0 Å². The van der Waals surface area contributed by atoms with Crippen molar-refractivity contribution in [3.05, 3.63) is 0 Å². The number of rotatable bonds is 55. The van der Waals surface area contributed by atoms with E-state index in [-0.39, 0.29) is 31.1 Å². The van der Waals surface area contributed by atoms with Gasteiger partial charge in [0.25, 0.3) is 0 Å². The van der Waals surface area contributed by atoms with Crippen LogP contribution in [0.1, 0.15) is 342 Å². The molecule has 1 unspecified atom stereocenters. The van der Waals surface area contributed by atoms with Crippen LogP contribution in [0.4, 0.5) is 0 Å². The van der Waals surface area contributed by atoms with Crippen LogP contribution in [0.15, 0.2) is 0 Å². The summed E-state index contributed by atoms with van der Waals surface area (Å²) in [5, 5.41) is 0. The molecule has 0 N–H and O–H groups in total. The summed E-state index contributed by atoms with van der Waals surface area (Å²) in [6.45, 7) is 9.11. The predicted octanol–water partition coefficient (Wildman–Crippen LogP) is 19.8. The Labute approximate surface area is 412 Å². The Kier molecular flexibility index (Phi) is 53.0. The maximum Gasteiger partial charge on any atom is 0.306 e. The molecule has 0 saturated heterocycles. The summed E-state index contributed by atoms with van der Waals surface area (Å²) in [6, 6.07) is 0. The fraction of sp³-hybridized carbons (Fsp3) is 0.950. The molecule has 0 heterocycles. The first kappa shape index (κ1) is 64.4. The van der Waals surface area contributed by atoms with Crippen molar-refractivity contribution < 1.29 is 28.6 Å². The number of carbonyl (C=O) groups excluding carboxylic acids is 3. The molecule has 6 heteroatoms. The zero-order chi connectivity index (χ0) is 48.1. The molecule has 0 saturated carbocycles. The van der Waals surface area contributed by atoms with Crippen molar-refractivity contribution in [1.82, 2.24) is 0 Å². The number of unbranched alkanes of at least 4 members (excludes halogenated alkanes) is 41. The Morgan fingerprint density at radius 1 is 0.303 bits per heavy atom. The van der Waals surface area contributed by atoms with E-state index in [9.17, 15) is 14.4 Å². The van der Waals surface area contributed by atoms with E-state index < -0.39 is 6.10 Å². The smallest absolute Gasteiger partial charge is 0.306 e. The molecule has 0 bridgehead atoms. The molecule has 0 aromatic rings. The van der Waals surface area contributed by atoms with E-state index in [2.05, 4.69) is 27.7 Å². The molecule has 0 spiro atoms. The number of ether oxygens (including phenoxy) is 3. The summed E-state index contributed by atoms with van der Waals surface area (Å²) in [5.74, 6) is 0.0631. The third kappa shape index (κ3) is 51.8. The molecule has 0 aliphatic carbocycles. The monoisotopic (exact) mass is 933 g/mol. The van der Waals surface area contributed by atoms with Crippen LogP contribution in [0.5, 0.6) is 0 Å². The molecule has 0 radical (unpaired) electrons. The first-order chi connectivity index (χ1) is 32.4. The fourth-order valence-corrected chi connectivity index (χ4v) is 9.25. The fourth-order valence-electron chi connectivity index (χ4n) is 9.25. The minimum atomic E-state index is -0.762. The van der Waals surface area contributed by atoms with Gasteiger partial charge in [-0.15, -0.1) is 0 Å². The van der Waals surface area contributed by atoms with Gasteiger partial charge in [-0.3, -0.25) is 14.4 Å². The Hall–Kier alpha value is -1.59. The topological polar surface area (TPSA) is 78.9 Å². The minimum Gasteiger partial charge on any atom is -0.462 e. The lowest BCUT2D eigenvalue weighted by molar-refractivity contribution is -0.167. The highest BCUT2D eigenvalue weighted by Crippen LogP contribution is 2.19. The van der Waals surface area contributed by atoms with Gasteiger partial charge in [-0.25, -0.2) is 0 Å². The normalized spacial score (nSPS) is 12.4. The van der Waals surface area contributed by atoms with E-state index in [0.29, 0.717) is 19.3 Å². The van der Waals surface area contributed by atoms with Crippen LogP contribution >= 0.6 is 0 Å². The van der Waals surface area contributed by atoms with Gasteiger partial charge in [-0.2, -0.15) is 0 Å². The molecule has 0 aliphatic rings. The van der Waals surface area contributed by atoms with Crippen molar-refractivity contribution in [1.29, 1.82) is 0 Å². The van der Waals surface area contributed by atoms with Gasteiger partial charge >= 0.3 is 17.9 Å². The van der Waals surface area contributed by atoms with E-state index in [1.807, 2.05) is 0 Å². The van der Waals surface area contributed by atoms with Gasteiger partial charge < -0.3 is 14.2 Å². The highest BCUT2D eigenvalue weighted by Gasteiger charge is 2.19. The van der Waals surface area contributed by atoms with Gasteiger partial charge in [0.05, 0.1) is 0 Å². The molecule has 0 aromatic heterocycles. The first-order valence-corrected chi connectivity index (χ1v) is 29.9. The second kappa shape index (κ2) is 54.4. The summed E-state index contributed by atoms with van der Waals surface area (Å²) < 4.78 is 16.9. The third-order valence-corrected chi connectivity index (χ3v) is 14.2. The van der Waals surface area contributed by atoms with E-state index in [1.54, 1.807) is 0 Å².